The van der Waals surface area contributed by atoms with Crippen LogP contribution in [0.2, 0.25) is 0 Å². The highest BCUT2D eigenvalue weighted by Crippen LogP contribution is 2.31. The van der Waals surface area contributed by atoms with E-state index in [-0.39, 0.29) is 12.3 Å². The maximum Gasteiger partial charge on any atom is 0.167 e. The number of phenols is 1. The van der Waals surface area contributed by atoms with Crippen LogP contribution in [0.25, 0.3) is 11.2 Å². The fourth-order valence-electron chi connectivity index (χ4n) is 3.49. The molecule has 1 aromatic carbocycles. The number of aromatic hydroxyl groups is 1. The molecule has 6 N–H and O–H groups in total. The van der Waals surface area contributed by atoms with E-state index in [0.717, 1.165) is 0 Å². The zero-order chi connectivity index (χ0) is 22.1. The Morgan fingerprint density at radius 2 is 1.94 bits per heavy atom. The van der Waals surface area contributed by atoms with Crippen LogP contribution in [-0.2, 0) is 11.3 Å². The van der Waals surface area contributed by atoms with E-state index in [0.29, 0.717) is 28.3 Å². The first-order chi connectivity index (χ1) is 14.9. The van der Waals surface area contributed by atoms with Crippen LogP contribution < -0.4 is 10.1 Å². The van der Waals surface area contributed by atoms with E-state index < -0.39 is 37.3 Å². The molecule has 0 radical (unpaired) electrons. The zero-order valence-corrected chi connectivity index (χ0v) is 16.5. The summed E-state index contributed by atoms with van der Waals surface area (Å²) in [4.78, 5) is 12.7. The van der Waals surface area contributed by atoms with E-state index in [9.17, 15) is 25.5 Å². The molecule has 0 spiro atoms. The Morgan fingerprint density at radius 3 is 2.68 bits per heavy atom. The summed E-state index contributed by atoms with van der Waals surface area (Å²) in [6.45, 7) is -0.318. The third kappa shape index (κ3) is 3.86. The Labute approximate surface area is 176 Å². The van der Waals surface area contributed by atoms with Gasteiger partial charge in [0.1, 0.15) is 42.2 Å². The number of hydrogen-bond donors (Lipinski definition) is 6. The molecule has 12 nitrogen and oxygen atoms in total. The molecule has 12 heteroatoms. The fraction of sp³-hybridized carbons (Fsp3) is 0.421. The van der Waals surface area contributed by atoms with Gasteiger partial charge in [0.25, 0.3) is 0 Å². The molecule has 1 saturated heterocycles. The molecule has 0 aliphatic carbocycles. The van der Waals surface area contributed by atoms with Crippen LogP contribution in [0.4, 0.5) is 5.82 Å². The highest BCUT2D eigenvalue weighted by atomic mass is 16.6. The topological polar surface area (TPSA) is 175 Å². The van der Waals surface area contributed by atoms with Crippen molar-refractivity contribution in [2.75, 3.05) is 19.0 Å². The number of phenolic OH excluding ortho intramolecular Hbond substituents is 1. The van der Waals surface area contributed by atoms with E-state index in [2.05, 4.69) is 20.3 Å². The summed E-state index contributed by atoms with van der Waals surface area (Å²) in [6.07, 6.45) is -4.01. The smallest absolute Gasteiger partial charge is 0.167 e. The number of nitrogens with one attached hydrogen (secondary N) is 1. The number of nitrogens with zero attached hydrogens (tertiary/aromatic N) is 4. The van der Waals surface area contributed by atoms with E-state index in [1.165, 1.54) is 30.4 Å². The second-order valence-electron chi connectivity index (χ2n) is 7.11. The lowest BCUT2D eigenvalue weighted by Crippen LogP contribution is -2.56. The number of aliphatic hydroxyl groups is 4. The largest absolute Gasteiger partial charge is 0.508 e. The van der Waals surface area contributed by atoms with Gasteiger partial charge in [0.05, 0.1) is 20.0 Å². The maximum atomic E-state index is 10.4. The lowest BCUT2D eigenvalue weighted by molar-refractivity contribution is -0.250. The average molecular weight is 433 g/mol. The lowest BCUT2D eigenvalue weighted by atomic mass is 9.98. The molecule has 1 unspecified atom stereocenters. The molecule has 1 aliphatic heterocycles. The zero-order valence-electron chi connectivity index (χ0n) is 16.5. The molecule has 1 fully saturated rings. The highest BCUT2D eigenvalue weighted by Gasteiger charge is 2.44. The Kier molecular flexibility index (Phi) is 5.89. The van der Waals surface area contributed by atoms with Gasteiger partial charge in [0, 0.05) is 12.1 Å². The minimum absolute atomic E-state index is 0.0884. The number of benzene rings is 1. The van der Waals surface area contributed by atoms with Crippen molar-refractivity contribution < 1.29 is 35.0 Å². The summed E-state index contributed by atoms with van der Waals surface area (Å²) in [6, 6.07) is 4.86. The number of anilines is 1. The first-order valence-corrected chi connectivity index (χ1v) is 9.52. The van der Waals surface area contributed by atoms with Crippen molar-refractivity contribution in [3.05, 3.63) is 36.4 Å². The van der Waals surface area contributed by atoms with Crippen molar-refractivity contribution in [2.24, 2.45) is 0 Å². The van der Waals surface area contributed by atoms with E-state index >= 15 is 0 Å². The first-order valence-electron chi connectivity index (χ1n) is 9.52. The van der Waals surface area contributed by atoms with E-state index in [1.54, 1.807) is 12.1 Å². The minimum Gasteiger partial charge on any atom is -0.508 e. The highest BCUT2D eigenvalue weighted by molar-refractivity contribution is 5.82. The average Bonchev–Trinajstić information content (AvgIpc) is 3.22. The molecule has 4 rings (SSSR count). The predicted molar refractivity (Wildman–Crippen MR) is 106 cm³/mol. The van der Waals surface area contributed by atoms with Gasteiger partial charge in [-0.3, -0.25) is 4.57 Å². The summed E-state index contributed by atoms with van der Waals surface area (Å²) in [7, 11) is 1.53. The number of methoxy groups -OCH3 is 1. The van der Waals surface area contributed by atoms with Crippen LogP contribution in [0.3, 0.4) is 0 Å². The van der Waals surface area contributed by atoms with Crippen LogP contribution in [0.1, 0.15) is 11.8 Å². The Bertz CT molecular complexity index is 1060. The van der Waals surface area contributed by atoms with Gasteiger partial charge in [-0.05, 0) is 18.2 Å². The predicted octanol–water partition coefficient (Wildman–Crippen LogP) is -0.875. The van der Waals surface area contributed by atoms with Crippen LogP contribution >= 0.6 is 0 Å². The van der Waals surface area contributed by atoms with Crippen LogP contribution in [0.5, 0.6) is 11.5 Å². The van der Waals surface area contributed by atoms with Crippen LogP contribution in [0.15, 0.2) is 30.9 Å². The first kappa shape index (κ1) is 21.2. The van der Waals surface area contributed by atoms with Crippen molar-refractivity contribution in [3.63, 3.8) is 0 Å². The van der Waals surface area contributed by atoms with E-state index in [1.807, 2.05) is 0 Å². The monoisotopic (exact) mass is 433 g/mol. The number of ether oxygens (including phenoxy) is 2. The Balaban J connectivity index is 1.61. The van der Waals surface area contributed by atoms with Gasteiger partial charge in [-0.15, -0.1) is 0 Å². The summed E-state index contributed by atoms with van der Waals surface area (Å²) in [5, 5.41) is 53.0. The second kappa shape index (κ2) is 8.61. The molecule has 3 aromatic rings. The standard InChI is InChI=1S/C19H23N5O7/c1-30-10-2-3-11(26)9(4-10)5-20-17-13-18(22-7-21-17)24(8-23-13)19-16(29)15(28)14(27)12(6-25)31-19/h2-4,7-8,12,14-16,19,25-29H,5-6H2,1H3,(H,20,21,22)/t12-,14-,15+,16-,19?/m1/s1. The third-order valence-electron chi connectivity index (χ3n) is 5.23. The Morgan fingerprint density at radius 1 is 1.13 bits per heavy atom. The summed E-state index contributed by atoms with van der Waals surface area (Å²) in [5.41, 5.74) is 1.25. The van der Waals surface area contributed by atoms with Crippen molar-refractivity contribution in [1.82, 2.24) is 19.5 Å². The number of fused-ring (bicyclic) bond motifs is 1. The number of hydrogen-bond acceptors (Lipinski definition) is 11. The van der Waals surface area contributed by atoms with Crippen molar-refractivity contribution in [1.29, 1.82) is 0 Å². The molecule has 0 amide bonds. The van der Waals surface area contributed by atoms with Gasteiger partial charge in [0.2, 0.25) is 0 Å². The molecule has 1 aliphatic rings. The van der Waals surface area contributed by atoms with Gasteiger partial charge < -0.3 is 40.3 Å². The number of rotatable bonds is 6. The third-order valence-corrected chi connectivity index (χ3v) is 5.23. The van der Waals surface area contributed by atoms with Gasteiger partial charge in [-0.25, -0.2) is 15.0 Å². The quantitative estimate of drug-likeness (QED) is 0.285. The van der Waals surface area contributed by atoms with Gasteiger partial charge in [-0.1, -0.05) is 0 Å². The van der Waals surface area contributed by atoms with Crippen LogP contribution in [-0.4, -0.2) is 83.2 Å². The van der Waals surface area contributed by atoms with Gasteiger partial charge in [-0.2, -0.15) is 0 Å². The molecular formula is C19H23N5O7. The molecular weight excluding hydrogens is 410 g/mol. The number of aliphatic hydroxyl groups excluding tert-OH is 4. The van der Waals surface area contributed by atoms with Crippen LogP contribution in [0, 0.1) is 0 Å². The molecule has 0 bridgehead atoms. The summed E-state index contributed by atoms with van der Waals surface area (Å²) < 4.78 is 12.1. The number of imidazole rings is 1. The SMILES string of the molecule is COc1ccc(O)c(CNc2ncnc3c2ncn3C2O[C@H](CO)[C@@H](O)[C@H](O)[C@H]2O)c1. The molecule has 3 heterocycles. The maximum absolute atomic E-state index is 10.4. The molecule has 5 atom stereocenters. The molecule has 166 valence electrons. The van der Waals surface area contributed by atoms with Crippen molar-refractivity contribution >= 4 is 17.0 Å². The molecule has 31 heavy (non-hydrogen) atoms. The molecule has 0 saturated carbocycles. The number of aromatic nitrogens is 4. The van der Waals surface area contributed by atoms with Gasteiger partial charge >= 0.3 is 0 Å². The normalized spacial score (nSPS) is 26.2. The minimum atomic E-state index is -1.52. The lowest BCUT2D eigenvalue weighted by Gasteiger charge is -2.40. The molecule has 2 aromatic heterocycles. The Hall–Kier alpha value is -3.03. The van der Waals surface area contributed by atoms with Gasteiger partial charge in [0.15, 0.2) is 23.2 Å². The second-order valence-corrected chi connectivity index (χ2v) is 7.11. The summed E-state index contributed by atoms with van der Waals surface area (Å²) in [5.74, 6) is 1.05. The van der Waals surface area contributed by atoms with Crippen molar-refractivity contribution in [3.8, 4) is 11.5 Å². The summed E-state index contributed by atoms with van der Waals surface area (Å²) >= 11 is 0. The van der Waals surface area contributed by atoms with Crippen molar-refractivity contribution in [2.45, 2.75) is 37.2 Å². The fourth-order valence-corrected chi connectivity index (χ4v) is 3.49. The van der Waals surface area contributed by atoms with E-state index in [4.69, 9.17) is 9.47 Å².